The molecule has 1 aromatic rings. The van der Waals surface area contributed by atoms with E-state index < -0.39 is 5.91 Å². The van der Waals surface area contributed by atoms with Gasteiger partial charge in [0.1, 0.15) is 0 Å². The van der Waals surface area contributed by atoms with Crippen molar-refractivity contribution in [3.63, 3.8) is 0 Å². The van der Waals surface area contributed by atoms with Gasteiger partial charge in [0, 0.05) is 16.4 Å². The van der Waals surface area contributed by atoms with Crippen LogP contribution in [0, 0.1) is 0 Å². The Balaban J connectivity index is 2.73. The maximum atomic E-state index is 10.9. The van der Waals surface area contributed by atoms with Crippen molar-refractivity contribution in [1.82, 2.24) is 5.32 Å². The Morgan fingerprint density at radius 2 is 1.94 bits per heavy atom. The average Bonchev–Trinajstić information content (AvgIpc) is 2.26. The molecular weight excluding hydrogens is 270 g/mol. The van der Waals surface area contributed by atoms with E-state index in [4.69, 9.17) is 0 Å². The van der Waals surface area contributed by atoms with Crippen LogP contribution >= 0.6 is 15.9 Å². The lowest BCUT2D eigenvalue weighted by molar-refractivity contribution is -0.131. The molecule has 0 aliphatic rings. The Bertz CT molecular complexity index is 385. The Morgan fingerprint density at radius 3 is 2.44 bits per heavy atom. The molecule has 86 valence electrons. The number of carbonyl (C=O) groups excluding carboxylic acids is 2. The molecule has 0 aliphatic heterocycles. The van der Waals surface area contributed by atoms with E-state index in [-0.39, 0.29) is 11.7 Å². The molecule has 16 heavy (non-hydrogen) atoms. The van der Waals surface area contributed by atoms with Crippen molar-refractivity contribution in [2.24, 2.45) is 0 Å². The van der Waals surface area contributed by atoms with Crippen molar-refractivity contribution < 1.29 is 9.59 Å². The summed E-state index contributed by atoms with van der Waals surface area (Å²) in [5, 5.41) is 2.57. The van der Waals surface area contributed by atoms with E-state index in [1.165, 1.54) is 0 Å². The van der Waals surface area contributed by atoms with Crippen LogP contribution in [-0.4, -0.2) is 18.7 Å². The molecule has 3 nitrogen and oxygen atoms in total. The van der Waals surface area contributed by atoms with Crippen LogP contribution in [0.1, 0.15) is 19.4 Å². The minimum Gasteiger partial charge on any atom is -0.349 e. The van der Waals surface area contributed by atoms with Gasteiger partial charge < -0.3 is 5.32 Å². The van der Waals surface area contributed by atoms with Crippen molar-refractivity contribution in [1.29, 1.82) is 0 Å². The van der Waals surface area contributed by atoms with E-state index >= 15 is 0 Å². The summed E-state index contributed by atoms with van der Waals surface area (Å²) in [6, 6.07) is 7.91. The molecule has 0 saturated heterocycles. The molecule has 1 aromatic carbocycles. The SMILES string of the molecule is CC(C)(CNC(=O)C=O)c1ccc(Br)cc1. The van der Waals surface area contributed by atoms with Crippen LogP contribution in [0.3, 0.4) is 0 Å². The number of halogens is 1. The first-order valence-corrected chi connectivity index (χ1v) is 5.74. The Labute approximate surface area is 103 Å². The van der Waals surface area contributed by atoms with E-state index in [0.29, 0.717) is 6.54 Å². The first-order chi connectivity index (χ1) is 7.45. The number of amides is 1. The zero-order chi connectivity index (χ0) is 12.2. The lowest BCUT2D eigenvalue weighted by atomic mass is 9.84. The molecule has 0 aliphatic carbocycles. The highest BCUT2D eigenvalue weighted by molar-refractivity contribution is 9.10. The fourth-order valence-corrected chi connectivity index (χ4v) is 1.62. The highest BCUT2D eigenvalue weighted by Crippen LogP contribution is 2.23. The van der Waals surface area contributed by atoms with Gasteiger partial charge in [0.05, 0.1) is 0 Å². The summed E-state index contributed by atoms with van der Waals surface area (Å²) < 4.78 is 1.02. The predicted octanol–water partition coefficient (Wildman–Crippen LogP) is 2.04. The third-order valence-electron chi connectivity index (χ3n) is 2.44. The standard InChI is InChI=1S/C12H14BrNO2/c1-12(2,8-14-11(16)7-15)9-3-5-10(13)6-4-9/h3-7H,8H2,1-2H3,(H,14,16). The molecule has 0 unspecified atom stereocenters. The van der Waals surface area contributed by atoms with E-state index in [1.807, 2.05) is 38.1 Å². The fraction of sp³-hybridized carbons (Fsp3) is 0.333. The highest BCUT2D eigenvalue weighted by atomic mass is 79.9. The van der Waals surface area contributed by atoms with Gasteiger partial charge in [0.15, 0.2) is 0 Å². The number of benzene rings is 1. The summed E-state index contributed by atoms with van der Waals surface area (Å²) in [5.41, 5.74) is 0.918. The molecule has 1 N–H and O–H groups in total. The van der Waals surface area contributed by atoms with Gasteiger partial charge in [0.2, 0.25) is 6.29 Å². The van der Waals surface area contributed by atoms with Crippen LogP contribution in [0.2, 0.25) is 0 Å². The largest absolute Gasteiger partial charge is 0.349 e. The van der Waals surface area contributed by atoms with Gasteiger partial charge in [-0.05, 0) is 17.7 Å². The van der Waals surface area contributed by atoms with Crippen molar-refractivity contribution >= 4 is 28.1 Å². The van der Waals surface area contributed by atoms with Gasteiger partial charge in [-0.1, -0.05) is 41.9 Å². The molecule has 0 bridgehead atoms. The second kappa shape index (κ2) is 5.25. The average molecular weight is 284 g/mol. The quantitative estimate of drug-likeness (QED) is 0.679. The van der Waals surface area contributed by atoms with Gasteiger partial charge >= 0.3 is 0 Å². The predicted molar refractivity (Wildman–Crippen MR) is 66.2 cm³/mol. The summed E-state index contributed by atoms with van der Waals surface area (Å²) in [6.45, 7) is 4.47. The second-order valence-corrected chi connectivity index (χ2v) is 5.14. The smallest absolute Gasteiger partial charge is 0.284 e. The third kappa shape index (κ3) is 3.45. The maximum Gasteiger partial charge on any atom is 0.284 e. The Hall–Kier alpha value is -1.16. The van der Waals surface area contributed by atoms with E-state index in [0.717, 1.165) is 10.0 Å². The van der Waals surface area contributed by atoms with Crippen molar-refractivity contribution in [2.75, 3.05) is 6.54 Å². The molecule has 0 heterocycles. The number of nitrogens with one attached hydrogen (secondary N) is 1. The van der Waals surface area contributed by atoms with Crippen LogP contribution in [0.25, 0.3) is 0 Å². The summed E-state index contributed by atoms with van der Waals surface area (Å²) >= 11 is 3.37. The number of rotatable bonds is 4. The van der Waals surface area contributed by atoms with Gasteiger partial charge in [-0.3, -0.25) is 9.59 Å². The summed E-state index contributed by atoms with van der Waals surface area (Å²) in [7, 11) is 0. The number of hydrogen-bond donors (Lipinski definition) is 1. The second-order valence-electron chi connectivity index (χ2n) is 4.23. The van der Waals surface area contributed by atoms with Gasteiger partial charge in [-0.15, -0.1) is 0 Å². The monoisotopic (exact) mass is 283 g/mol. The summed E-state index contributed by atoms with van der Waals surface area (Å²) in [5.74, 6) is -0.579. The van der Waals surface area contributed by atoms with Gasteiger partial charge in [-0.25, -0.2) is 0 Å². The molecule has 1 amide bonds. The third-order valence-corrected chi connectivity index (χ3v) is 2.97. The van der Waals surface area contributed by atoms with Gasteiger partial charge in [-0.2, -0.15) is 0 Å². The minimum atomic E-state index is -0.579. The molecular formula is C12H14BrNO2. The molecule has 1 rings (SSSR count). The Morgan fingerprint density at radius 1 is 1.38 bits per heavy atom. The lowest BCUT2D eigenvalue weighted by Crippen LogP contribution is -2.37. The molecule has 0 fully saturated rings. The van der Waals surface area contributed by atoms with Crippen LogP contribution in [0.5, 0.6) is 0 Å². The van der Waals surface area contributed by atoms with E-state index in [2.05, 4.69) is 21.2 Å². The first kappa shape index (κ1) is 12.9. The topological polar surface area (TPSA) is 46.2 Å². The number of hydrogen-bond acceptors (Lipinski definition) is 2. The van der Waals surface area contributed by atoms with Crippen LogP contribution in [0.15, 0.2) is 28.7 Å². The van der Waals surface area contributed by atoms with E-state index in [1.54, 1.807) is 0 Å². The maximum absolute atomic E-state index is 10.9. The van der Waals surface area contributed by atoms with Crippen LogP contribution in [-0.2, 0) is 15.0 Å². The molecule has 4 heteroatoms. The lowest BCUT2D eigenvalue weighted by Gasteiger charge is -2.25. The zero-order valence-corrected chi connectivity index (χ0v) is 10.9. The number of aldehydes is 1. The minimum absolute atomic E-state index is 0.195. The summed E-state index contributed by atoms with van der Waals surface area (Å²) in [4.78, 5) is 21.0. The van der Waals surface area contributed by atoms with Crippen molar-refractivity contribution in [3.8, 4) is 0 Å². The normalized spacial score (nSPS) is 10.9. The highest BCUT2D eigenvalue weighted by Gasteiger charge is 2.20. The van der Waals surface area contributed by atoms with Crippen LogP contribution < -0.4 is 5.32 Å². The molecule has 0 radical (unpaired) electrons. The van der Waals surface area contributed by atoms with Crippen LogP contribution in [0.4, 0.5) is 0 Å². The Kier molecular flexibility index (Phi) is 4.24. The zero-order valence-electron chi connectivity index (χ0n) is 9.29. The first-order valence-electron chi connectivity index (χ1n) is 4.95. The van der Waals surface area contributed by atoms with E-state index in [9.17, 15) is 9.59 Å². The molecule has 0 atom stereocenters. The molecule has 0 saturated carbocycles. The van der Waals surface area contributed by atoms with Crippen molar-refractivity contribution in [3.05, 3.63) is 34.3 Å². The molecule has 0 aromatic heterocycles. The fourth-order valence-electron chi connectivity index (χ4n) is 1.35. The van der Waals surface area contributed by atoms with Gasteiger partial charge in [0.25, 0.3) is 5.91 Å². The summed E-state index contributed by atoms with van der Waals surface area (Å²) in [6.07, 6.45) is 0.289. The van der Waals surface area contributed by atoms with Crippen molar-refractivity contribution in [2.45, 2.75) is 19.3 Å². The molecule has 0 spiro atoms. The number of carbonyl (C=O) groups is 2.